The maximum Gasteiger partial charge on any atom is 0.226 e. The van der Waals surface area contributed by atoms with E-state index in [0.29, 0.717) is 10.0 Å². The molecule has 2 heterocycles. The number of rotatable bonds is 9. The number of thiophene rings is 1. The molecular weight excluding hydrogens is 330 g/mol. The Labute approximate surface area is 144 Å². The highest BCUT2D eigenvalue weighted by atomic mass is 32.1. The third kappa shape index (κ3) is 5.84. The average molecular weight is 351 g/mol. The van der Waals surface area contributed by atoms with Gasteiger partial charge in [-0.3, -0.25) is 9.59 Å². The predicted octanol–water partition coefficient (Wildman–Crippen LogP) is 4.24. The number of amides is 1. The Kier molecular flexibility index (Phi) is 6.85. The summed E-state index contributed by atoms with van der Waals surface area (Å²) in [5.41, 5.74) is 0. The lowest BCUT2D eigenvalue weighted by atomic mass is 10.2. The van der Waals surface area contributed by atoms with Crippen LogP contribution in [0.4, 0.5) is 5.13 Å². The van der Waals surface area contributed by atoms with E-state index in [9.17, 15) is 9.59 Å². The van der Waals surface area contributed by atoms with Gasteiger partial charge >= 0.3 is 0 Å². The maximum absolute atomic E-state index is 12.0. The van der Waals surface area contributed by atoms with Crippen LogP contribution < -0.4 is 5.32 Å². The number of aromatic nitrogens is 2. The number of unbranched alkanes of at least 4 members (excludes halogenated alkanes) is 2. The van der Waals surface area contributed by atoms with Gasteiger partial charge in [0, 0.05) is 24.1 Å². The molecule has 2 rings (SSSR count). The van der Waals surface area contributed by atoms with E-state index in [1.165, 1.54) is 35.5 Å². The Morgan fingerprint density at radius 1 is 1.13 bits per heavy atom. The molecule has 0 aromatic carbocycles. The van der Waals surface area contributed by atoms with Crippen LogP contribution in [0.2, 0.25) is 0 Å². The Morgan fingerprint density at radius 3 is 2.65 bits per heavy atom. The molecule has 0 radical (unpaired) electrons. The zero-order valence-corrected chi connectivity index (χ0v) is 15.1. The standard InChI is InChI=1S/C16H21N3O2S2/c1-3-4-5-6-15-18-19-16(23-15)17-14(21)10-8-12(20)13-9-7-11(2)22-13/h7,9H,3-6,8,10H2,1-2H3,(H,17,19,21). The van der Waals surface area contributed by atoms with Gasteiger partial charge in [0.15, 0.2) is 5.78 Å². The van der Waals surface area contributed by atoms with Crippen molar-refractivity contribution in [3.05, 3.63) is 26.9 Å². The molecule has 0 spiro atoms. The van der Waals surface area contributed by atoms with E-state index >= 15 is 0 Å². The number of aryl methyl sites for hydroxylation is 2. The molecule has 7 heteroatoms. The molecule has 0 unspecified atom stereocenters. The maximum atomic E-state index is 12.0. The first-order valence-corrected chi connectivity index (χ1v) is 9.43. The lowest BCUT2D eigenvalue weighted by molar-refractivity contribution is -0.116. The van der Waals surface area contributed by atoms with Crippen LogP contribution in [0, 0.1) is 6.92 Å². The highest BCUT2D eigenvalue weighted by molar-refractivity contribution is 7.15. The molecule has 2 aromatic rings. The van der Waals surface area contributed by atoms with Gasteiger partial charge in [-0.2, -0.15) is 0 Å². The largest absolute Gasteiger partial charge is 0.301 e. The molecule has 0 aliphatic rings. The van der Waals surface area contributed by atoms with E-state index in [1.807, 2.05) is 19.1 Å². The van der Waals surface area contributed by atoms with Crippen LogP contribution in [-0.2, 0) is 11.2 Å². The molecular formula is C16H21N3O2S2. The second-order valence-corrected chi connectivity index (χ2v) is 7.69. The predicted molar refractivity (Wildman–Crippen MR) is 94.4 cm³/mol. The molecule has 23 heavy (non-hydrogen) atoms. The van der Waals surface area contributed by atoms with E-state index in [2.05, 4.69) is 22.4 Å². The zero-order valence-electron chi connectivity index (χ0n) is 13.4. The van der Waals surface area contributed by atoms with Crippen LogP contribution in [0.15, 0.2) is 12.1 Å². The van der Waals surface area contributed by atoms with Crippen LogP contribution >= 0.6 is 22.7 Å². The number of nitrogens with one attached hydrogen (secondary N) is 1. The van der Waals surface area contributed by atoms with Crippen molar-refractivity contribution < 1.29 is 9.59 Å². The summed E-state index contributed by atoms with van der Waals surface area (Å²) in [6.45, 7) is 4.12. The fourth-order valence-electron chi connectivity index (χ4n) is 2.05. The molecule has 0 saturated heterocycles. The SMILES string of the molecule is CCCCCc1nnc(NC(=O)CCC(=O)c2ccc(C)s2)s1. The second-order valence-electron chi connectivity index (χ2n) is 5.34. The van der Waals surface area contributed by atoms with Gasteiger partial charge in [0.1, 0.15) is 5.01 Å². The summed E-state index contributed by atoms with van der Waals surface area (Å²) in [4.78, 5) is 25.7. The van der Waals surface area contributed by atoms with Crippen molar-refractivity contribution in [3.8, 4) is 0 Å². The molecule has 1 amide bonds. The Balaban J connectivity index is 1.75. The number of hydrogen-bond acceptors (Lipinski definition) is 6. The van der Waals surface area contributed by atoms with Gasteiger partial charge in [-0.05, 0) is 25.5 Å². The van der Waals surface area contributed by atoms with Gasteiger partial charge in [0.05, 0.1) is 4.88 Å². The van der Waals surface area contributed by atoms with Crippen LogP contribution in [0.5, 0.6) is 0 Å². The first-order valence-electron chi connectivity index (χ1n) is 7.80. The quantitative estimate of drug-likeness (QED) is 0.542. The van der Waals surface area contributed by atoms with Crippen LogP contribution in [-0.4, -0.2) is 21.9 Å². The molecule has 0 aliphatic carbocycles. The molecule has 0 saturated carbocycles. The number of ketones is 1. The summed E-state index contributed by atoms with van der Waals surface area (Å²) in [6.07, 6.45) is 4.71. The van der Waals surface area contributed by atoms with Crippen molar-refractivity contribution in [1.29, 1.82) is 0 Å². The number of anilines is 1. The van der Waals surface area contributed by atoms with Crippen molar-refractivity contribution in [2.24, 2.45) is 0 Å². The van der Waals surface area contributed by atoms with E-state index in [4.69, 9.17) is 0 Å². The summed E-state index contributed by atoms with van der Waals surface area (Å²) >= 11 is 2.87. The van der Waals surface area contributed by atoms with E-state index in [0.717, 1.165) is 22.7 Å². The van der Waals surface area contributed by atoms with Crippen molar-refractivity contribution in [3.63, 3.8) is 0 Å². The van der Waals surface area contributed by atoms with Crippen molar-refractivity contribution in [2.75, 3.05) is 5.32 Å². The van der Waals surface area contributed by atoms with Gasteiger partial charge in [-0.1, -0.05) is 31.1 Å². The third-order valence-electron chi connectivity index (χ3n) is 3.30. The van der Waals surface area contributed by atoms with Crippen molar-refractivity contribution in [2.45, 2.75) is 52.4 Å². The molecule has 0 aliphatic heterocycles. The van der Waals surface area contributed by atoms with E-state index in [1.54, 1.807) is 0 Å². The highest BCUT2D eigenvalue weighted by Gasteiger charge is 2.13. The summed E-state index contributed by atoms with van der Waals surface area (Å²) < 4.78 is 0. The fourth-order valence-corrected chi connectivity index (χ4v) is 3.68. The molecule has 0 bridgehead atoms. The fraction of sp³-hybridized carbons (Fsp3) is 0.500. The molecule has 0 atom stereocenters. The zero-order chi connectivity index (χ0) is 16.7. The number of nitrogens with zero attached hydrogens (tertiary/aromatic N) is 2. The molecule has 124 valence electrons. The van der Waals surface area contributed by atoms with E-state index < -0.39 is 0 Å². The number of carbonyl (C=O) groups is 2. The number of hydrogen-bond donors (Lipinski definition) is 1. The van der Waals surface area contributed by atoms with E-state index in [-0.39, 0.29) is 24.5 Å². The Hall–Kier alpha value is -1.60. The number of carbonyl (C=O) groups excluding carboxylic acids is 2. The van der Waals surface area contributed by atoms with Gasteiger partial charge in [-0.25, -0.2) is 0 Å². The summed E-state index contributed by atoms with van der Waals surface area (Å²) in [5, 5.41) is 12.2. The van der Waals surface area contributed by atoms with Gasteiger partial charge < -0.3 is 5.32 Å². The van der Waals surface area contributed by atoms with Crippen molar-refractivity contribution in [1.82, 2.24) is 10.2 Å². The topological polar surface area (TPSA) is 72.0 Å². The highest BCUT2D eigenvalue weighted by Crippen LogP contribution is 2.19. The lowest BCUT2D eigenvalue weighted by Gasteiger charge is -2.00. The minimum Gasteiger partial charge on any atom is -0.301 e. The molecule has 0 fully saturated rings. The summed E-state index contributed by atoms with van der Waals surface area (Å²) in [7, 11) is 0. The third-order valence-corrected chi connectivity index (χ3v) is 5.24. The summed E-state index contributed by atoms with van der Waals surface area (Å²) in [5.74, 6) is -0.182. The lowest BCUT2D eigenvalue weighted by Crippen LogP contribution is -2.13. The van der Waals surface area contributed by atoms with Gasteiger partial charge in [-0.15, -0.1) is 21.5 Å². The van der Waals surface area contributed by atoms with Gasteiger partial charge in [0.2, 0.25) is 11.0 Å². The monoisotopic (exact) mass is 351 g/mol. The summed E-state index contributed by atoms with van der Waals surface area (Å²) in [6, 6.07) is 3.73. The first kappa shape index (κ1) is 17.7. The molecule has 2 aromatic heterocycles. The van der Waals surface area contributed by atoms with Crippen LogP contribution in [0.1, 0.15) is 58.6 Å². The minimum atomic E-state index is -0.192. The molecule has 5 nitrogen and oxygen atoms in total. The van der Waals surface area contributed by atoms with Crippen LogP contribution in [0.3, 0.4) is 0 Å². The minimum absolute atomic E-state index is 0.00997. The van der Waals surface area contributed by atoms with Gasteiger partial charge in [0.25, 0.3) is 0 Å². The average Bonchev–Trinajstić information content (AvgIpc) is 3.14. The smallest absolute Gasteiger partial charge is 0.226 e. The number of Topliss-reactive ketones (excluding diaryl/α,β-unsaturated/α-hetero) is 1. The Morgan fingerprint density at radius 2 is 1.96 bits per heavy atom. The van der Waals surface area contributed by atoms with Crippen molar-refractivity contribution >= 4 is 39.5 Å². The Bertz CT molecular complexity index is 664. The first-order chi connectivity index (χ1) is 11.1. The molecule has 1 N–H and O–H groups in total. The normalized spacial score (nSPS) is 10.7. The van der Waals surface area contributed by atoms with Crippen LogP contribution in [0.25, 0.3) is 0 Å². The second kappa shape index (κ2) is 8.88.